The van der Waals surface area contributed by atoms with Crippen LogP contribution < -0.4 is 14.8 Å². The average molecular weight is 486 g/mol. The lowest BCUT2D eigenvalue weighted by Gasteiger charge is -2.17. The van der Waals surface area contributed by atoms with Crippen LogP contribution in [0.15, 0.2) is 41.3 Å². The molecule has 0 heterocycles. The Hall–Kier alpha value is -3.25. The van der Waals surface area contributed by atoms with Crippen LogP contribution in [-0.2, 0) is 19.6 Å². The van der Waals surface area contributed by atoms with E-state index in [-0.39, 0.29) is 27.6 Å². The number of rotatable bonds is 9. The number of carbonyl (C=O) groups excluding carboxylic acids is 2. The highest BCUT2D eigenvalue weighted by atomic mass is 32.2. The van der Waals surface area contributed by atoms with Crippen LogP contribution in [0.5, 0.6) is 11.5 Å². The number of amides is 1. The van der Waals surface area contributed by atoms with Crippen LogP contribution in [0.3, 0.4) is 0 Å². The standard InChI is InChI=1S/C21H24F2N2O7S/c1-12-6-8-15(33(28,29)25(3)4)11-16(12)24-19(26)13(2)31-20(27)14-7-9-17(32-21(22)23)18(10-14)30-5/h6-11,13,21H,1-5H3,(H,24,26). The number of ether oxygens (including phenoxy) is 3. The molecule has 1 atom stereocenters. The predicted molar refractivity (Wildman–Crippen MR) is 115 cm³/mol. The van der Waals surface area contributed by atoms with Crippen molar-refractivity contribution in [1.82, 2.24) is 4.31 Å². The van der Waals surface area contributed by atoms with Crippen molar-refractivity contribution in [2.45, 2.75) is 31.5 Å². The molecule has 0 aromatic heterocycles. The average Bonchev–Trinajstić information content (AvgIpc) is 2.74. The highest BCUT2D eigenvalue weighted by Gasteiger charge is 2.23. The first-order valence-electron chi connectivity index (χ1n) is 9.54. The van der Waals surface area contributed by atoms with Gasteiger partial charge in [-0.15, -0.1) is 0 Å². The minimum atomic E-state index is -3.72. The van der Waals surface area contributed by atoms with E-state index in [0.717, 1.165) is 16.4 Å². The maximum absolute atomic E-state index is 12.5. The van der Waals surface area contributed by atoms with E-state index in [1.54, 1.807) is 6.92 Å². The Morgan fingerprint density at radius 2 is 1.73 bits per heavy atom. The lowest BCUT2D eigenvalue weighted by atomic mass is 10.2. The van der Waals surface area contributed by atoms with E-state index >= 15 is 0 Å². The topological polar surface area (TPSA) is 111 Å². The molecule has 2 rings (SSSR count). The Balaban J connectivity index is 2.14. The van der Waals surface area contributed by atoms with Gasteiger partial charge >= 0.3 is 12.6 Å². The number of sulfonamides is 1. The minimum absolute atomic E-state index is 0.0174. The number of carbonyl (C=O) groups is 2. The van der Waals surface area contributed by atoms with E-state index in [9.17, 15) is 26.8 Å². The third-order valence-corrected chi connectivity index (χ3v) is 6.32. The number of halogens is 2. The minimum Gasteiger partial charge on any atom is -0.493 e. The molecule has 33 heavy (non-hydrogen) atoms. The summed E-state index contributed by atoms with van der Waals surface area (Å²) < 4.78 is 65.0. The second-order valence-electron chi connectivity index (χ2n) is 7.05. The molecule has 12 heteroatoms. The van der Waals surface area contributed by atoms with Crippen LogP contribution in [0.4, 0.5) is 14.5 Å². The van der Waals surface area contributed by atoms with Gasteiger partial charge in [-0.25, -0.2) is 17.5 Å². The zero-order valence-corrected chi connectivity index (χ0v) is 19.4. The highest BCUT2D eigenvalue weighted by Crippen LogP contribution is 2.30. The van der Waals surface area contributed by atoms with Crippen molar-refractivity contribution in [2.24, 2.45) is 0 Å². The number of methoxy groups -OCH3 is 1. The van der Waals surface area contributed by atoms with Gasteiger partial charge in [-0.05, 0) is 49.7 Å². The van der Waals surface area contributed by atoms with Crippen LogP contribution in [0.2, 0.25) is 0 Å². The maximum Gasteiger partial charge on any atom is 0.387 e. The van der Waals surface area contributed by atoms with Gasteiger partial charge in [0.15, 0.2) is 17.6 Å². The summed E-state index contributed by atoms with van der Waals surface area (Å²) in [7, 11) is 0.267. The van der Waals surface area contributed by atoms with Crippen LogP contribution in [0.25, 0.3) is 0 Å². The summed E-state index contributed by atoms with van der Waals surface area (Å²) in [5, 5.41) is 2.54. The monoisotopic (exact) mass is 486 g/mol. The first-order valence-corrected chi connectivity index (χ1v) is 11.0. The molecule has 0 aliphatic heterocycles. The molecule has 0 radical (unpaired) electrons. The molecule has 2 aromatic carbocycles. The molecule has 0 spiro atoms. The van der Waals surface area contributed by atoms with Crippen LogP contribution in [0.1, 0.15) is 22.8 Å². The van der Waals surface area contributed by atoms with E-state index in [1.165, 1.54) is 52.4 Å². The largest absolute Gasteiger partial charge is 0.493 e. The van der Waals surface area contributed by atoms with Gasteiger partial charge in [0.2, 0.25) is 10.0 Å². The molecule has 0 bridgehead atoms. The fourth-order valence-corrected chi connectivity index (χ4v) is 3.54. The van der Waals surface area contributed by atoms with Gasteiger partial charge in [-0.2, -0.15) is 8.78 Å². The van der Waals surface area contributed by atoms with E-state index in [0.29, 0.717) is 5.56 Å². The number of alkyl halides is 2. The fourth-order valence-electron chi connectivity index (χ4n) is 2.61. The molecule has 180 valence electrons. The SMILES string of the molecule is COc1cc(C(=O)OC(C)C(=O)Nc2cc(S(=O)(=O)N(C)C)ccc2C)ccc1OC(F)F. The summed E-state index contributed by atoms with van der Waals surface area (Å²) in [5.41, 5.74) is 0.781. The van der Waals surface area contributed by atoms with Crippen LogP contribution in [0, 0.1) is 6.92 Å². The van der Waals surface area contributed by atoms with E-state index in [1.807, 2.05) is 0 Å². The van der Waals surface area contributed by atoms with Crippen molar-refractivity contribution in [3.63, 3.8) is 0 Å². The number of nitrogens with one attached hydrogen (secondary N) is 1. The van der Waals surface area contributed by atoms with Crippen molar-refractivity contribution in [3.05, 3.63) is 47.5 Å². The molecule has 0 saturated heterocycles. The van der Waals surface area contributed by atoms with Crippen molar-refractivity contribution >= 4 is 27.6 Å². The third kappa shape index (κ3) is 6.39. The normalized spacial score (nSPS) is 12.4. The number of nitrogens with zero attached hydrogens (tertiary/aromatic N) is 1. The summed E-state index contributed by atoms with van der Waals surface area (Å²) in [6.45, 7) is -0.0719. The van der Waals surface area contributed by atoms with Gasteiger partial charge in [0.05, 0.1) is 17.6 Å². The predicted octanol–water partition coefficient (Wildman–Crippen LogP) is 3.04. The zero-order valence-electron chi connectivity index (χ0n) is 18.6. The van der Waals surface area contributed by atoms with Crippen molar-refractivity contribution < 1.29 is 41.0 Å². The Labute approximate surface area is 190 Å². The van der Waals surface area contributed by atoms with Crippen molar-refractivity contribution in [2.75, 3.05) is 26.5 Å². The summed E-state index contributed by atoms with van der Waals surface area (Å²) in [4.78, 5) is 24.9. The quantitative estimate of drug-likeness (QED) is 0.543. The molecule has 2 aromatic rings. The molecule has 0 fully saturated rings. The molecule has 0 saturated carbocycles. The van der Waals surface area contributed by atoms with Gasteiger partial charge < -0.3 is 19.5 Å². The number of aryl methyl sites for hydroxylation is 1. The molecule has 1 amide bonds. The molecule has 9 nitrogen and oxygen atoms in total. The molecule has 0 aliphatic rings. The van der Waals surface area contributed by atoms with Crippen LogP contribution in [-0.4, -0.2) is 58.5 Å². The summed E-state index contributed by atoms with van der Waals surface area (Å²) in [6, 6.07) is 7.71. The molecular formula is C21H24F2N2O7S. The number of hydrogen-bond acceptors (Lipinski definition) is 7. The Bertz CT molecular complexity index is 1140. The Kier molecular flexibility index (Phi) is 8.34. The fraction of sp³-hybridized carbons (Fsp3) is 0.333. The van der Waals surface area contributed by atoms with E-state index in [4.69, 9.17) is 9.47 Å². The van der Waals surface area contributed by atoms with Crippen molar-refractivity contribution in [1.29, 1.82) is 0 Å². The maximum atomic E-state index is 12.5. The Morgan fingerprint density at radius 3 is 2.30 bits per heavy atom. The van der Waals surface area contributed by atoms with Gasteiger partial charge in [-0.3, -0.25) is 4.79 Å². The zero-order chi connectivity index (χ0) is 24.9. The van der Waals surface area contributed by atoms with E-state index < -0.39 is 34.6 Å². The summed E-state index contributed by atoms with van der Waals surface area (Å²) in [5.74, 6) is -1.98. The smallest absolute Gasteiger partial charge is 0.387 e. The van der Waals surface area contributed by atoms with Gasteiger partial charge in [-0.1, -0.05) is 6.07 Å². The molecule has 0 aliphatic carbocycles. The number of anilines is 1. The first kappa shape index (κ1) is 26.0. The van der Waals surface area contributed by atoms with Crippen molar-refractivity contribution in [3.8, 4) is 11.5 Å². The van der Waals surface area contributed by atoms with Gasteiger partial charge in [0, 0.05) is 19.8 Å². The molecule has 1 N–H and O–H groups in total. The van der Waals surface area contributed by atoms with Crippen LogP contribution >= 0.6 is 0 Å². The molecular weight excluding hydrogens is 462 g/mol. The van der Waals surface area contributed by atoms with Gasteiger partial charge in [0.1, 0.15) is 0 Å². The summed E-state index contributed by atoms with van der Waals surface area (Å²) in [6.07, 6.45) is -1.26. The molecule has 1 unspecified atom stereocenters. The summed E-state index contributed by atoms with van der Waals surface area (Å²) >= 11 is 0. The number of esters is 1. The first-order chi connectivity index (χ1) is 15.4. The second-order valence-corrected chi connectivity index (χ2v) is 9.20. The lowest BCUT2D eigenvalue weighted by Crippen LogP contribution is -2.30. The van der Waals surface area contributed by atoms with Gasteiger partial charge in [0.25, 0.3) is 5.91 Å². The second kappa shape index (κ2) is 10.6. The number of hydrogen-bond donors (Lipinski definition) is 1. The number of benzene rings is 2. The lowest BCUT2D eigenvalue weighted by molar-refractivity contribution is -0.123. The Morgan fingerprint density at radius 1 is 1.06 bits per heavy atom. The highest BCUT2D eigenvalue weighted by molar-refractivity contribution is 7.89. The van der Waals surface area contributed by atoms with E-state index in [2.05, 4.69) is 10.1 Å². The third-order valence-electron chi connectivity index (χ3n) is 4.51.